The van der Waals surface area contributed by atoms with Crippen LogP contribution in [-0.2, 0) is 6.42 Å². The van der Waals surface area contributed by atoms with E-state index in [-0.39, 0.29) is 11.4 Å². The van der Waals surface area contributed by atoms with Gasteiger partial charge >= 0.3 is 0 Å². The summed E-state index contributed by atoms with van der Waals surface area (Å²) in [4.78, 5) is 13.0. The van der Waals surface area contributed by atoms with Crippen molar-refractivity contribution in [2.45, 2.75) is 25.9 Å². The molecule has 0 unspecified atom stereocenters. The van der Waals surface area contributed by atoms with Crippen LogP contribution in [0.4, 0.5) is 0 Å². The number of rotatable bonds is 2. The van der Waals surface area contributed by atoms with Gasteiger partial charge in [0.1, 0.15) is 11.4 Å². The van der Waals surface area contributed by atoms with Crippen LogP contribution in [0, 0.1) is 0 Å². The zero-order chi connectivity index (χ0) is 13.6. The summed E-state index contributed by atoms with van der Waals surface area (Å²) in [7, 11) is 0. The van der Waals surface area contributed by atoms with E-state index < -0.39 is 0 Å². The first-order chi connectivity index (χ1) is 8.96. The summed E-state index contributed by atoms with van der Waals surface area (Å²) in [6.45, 7) is 4.09. The van der Waals surface area contributed by atoms with Gasteiger partial charge in [0.15, 0.2) is 0 Å². The highest BCUT2D eigenvalue weighted by Gasteiger charge is 2.30. The summed E-state index contributed by atoms with van der Waals surface area (Å²) >= 11 is 7.38. The van der Waals surface area contributed by atoms with Gasteiger partial charge in [0.25, 0.3) is 0 Å². The summed E-state index contributed by atoms with van der Waals surface area (Å²) in [6, 6.07) is 7.35. The summed E-state index contributed by atoms with van der Waals surface area (Å²) in [5.74, 6) is 0.853. The van der Waals surface area contributed by atoms with Crippen molar-refractivity contribution < 1.29 is 9.53 Å². The predicted molar refractivity (Wildman–Crippen MR) is 77.6 cm³/mol. The molecule has 0 aliphatic carbocycles. The van der Waals surface area contributed by atoms with Crippen molar-refractivity contribution in [3.05, 3.63) is 50.7 Å². The molecule has 4 heteroatoms. The van der Waals surface area contributed by atoms with E-state index in [1.54, 1.807) is 12.1 Å². The lowest BCUT2D eigenvalue weighted by molar-refractivity contribution is 0.104. The summed E-state index contributed by atoms with van der Waals surface area (Å²) in [5, 5.41) is 2.35. The molecular formula is C15H13ClO2S. The fraction of sp³-hybridized carbons (Fsp3) is 0.267. The van der Waals surface area contributed by atoms with Gasteiger partial charge in [0.05, 0.1) is 9.90 Å². The monoisotopic (exact) mass is 292 g/mol. The quantitative estimate of drug-likeness (QED) is 0.769. The molecule has 0 saturated carbocycles. The molecule has 19 heavy (non-hydrogen) atoms. The third-order valence-corrected chi connectivity index (χ3v) is 4.49. The molecule has 0 radical (unpaired) electrons. The zero-order valence-corrected chi connectivity index (χ0v) is 12.3. The molecule has 2 nitrogen and oxygen atoms in total. The Morgan fingerprint density at radius 2 is 2.16 bits per heavy atom. The fourth-order valence-electron chi connectivity index (χ4n) is 2.34. The van der Waals surface area contributed by atoms with Gasteiger partial charge in [-0.05, 0) is 49.1 Å². The molecular weight excluding hydrogens is 280 g/mol. The molecule has 0 bridgehead atoms. The summed E-state index contributed by atoms with van der Waals surface area (Å²) in [5.41, 5.74) is 1.57. The van der Waals surface area contributed by atoms with Crippen LogP contribution in [0.25, 0.3) is 0 Å². The Bertz CT molecular complexity index is 658. The second kappa shape index (κ2) is 4.36. The highest BCUT2D eigenvalue weighted by molar-refractivity contribution is 7.13. The van der Waals surface area contributed by atoms with Gasteiger partial charge in [0, 0.05) is 12.0 Å². The molecule has 0 amide bonds. The maximum absolute atomic E-state index is 12.4. The molecule has 2 heterocycles. The minimum Gasteiger partial charge on any atom is -0.487 e. The van der Waals surface area contributed by atoms with E-state index in [9.17, 15) is 4.79 Å². The minimum absolute atomic E-state index is 0.0208. The number of carbonyl (C=O) groups is 1. The number of thiophene rings is 1. The molecule has 0 saturated heterocycles. The van der Waals surface area contributed by atoms with Gasteiger partial charge in [-0.1, -0.05) is 11.6 Å². The maximum Gasteiger partial charge on any atom is 0.204 e. The normalized spacial score (nSPS) is 15.9. The average Bonchev–Trinajstić information content (AvgIpc) is 2.88. The van der Waals surface area contributed by atoms with E-state index >= 15 is 0 Å². The molecule has 3 rings (SSSR count). The van der Waals surface area contributed by atoms with Crippen LogP contribution < -0.4 is 4.74 Å². The second-order valence-electron chi connectivity index (χ2n) is 5.29. The fourth-order valence-corrected chi connectivity index (χ4v) is 3.44. The smallest absolute Gasteiger partial charge is 0.204 e. The van der Waals surface area contributed by atoms with Crippen LogP contribution in [0.15, 0.2) is 29.6 Å². The van der Waals surface area contributed by atoms with Crippen molar-refractivity contribution in [2.24, 2.45) is 0 Å². The third kappa shape index (κ3) is 2.28. The predicted octanol–water partition coefficient (Wildman–Crippen LogP) is 4.35. The minimum atomic E-state index is -0.190. The Hall–Kier alpha value is -1.32. The van der Waals surface area contributed by atoms with Crippen molar-refractivity contribution in [3.63, 3.8) is 0 Å². The number of hydrogen-bond acceptors (Lipinski definition) is 3. The second-order valence-corrected chi connectivity index (χ2v) is 6.61. The first-order valence-electron chi connectivity index (χ1n) is 6.06. The van der Waals surface area contributed by atoms with Crippen LogP contribution >= 0.6 is 22.9 Å². The molecule has 0 spiro atoms. The van der Waals surface area contributed by atoms with Gasteiger partial charge in [-0.2, -0.15) is 0 Å². The largest absolute Gasteiger partial charge is 0.487 e. The highest BCUT2D eigenvalue weighted by Crippen LogP contribution is 2.36. The van der Waals surface area contributed by atoms with E-state index in [1.165, 1.54) is 11.3 Å². The van der Waals surface area contributed by atoms with Crippen LogP contribution in [-0.4, -0.2) is 11.4 Å². The van der Waals surface area contributed by atoms with Crippen molar-refractivity contribution in [2.75, 3.05) is 0 Å². The number of benzene rings is 1. The van der Waals surface area contributed by atoms with Crippen LogP contribution in [0.5, 0.6) is 5.75 Å². The molecule has 2 aromatic rings. The topological polar surface area (TPSA) is 26.3 Å². The molecule has 1 aromatic heterocycles. The van der Waals surface area contributed by atoms with E-state index in [1.807, 2.05) is 31.4 Å². The summed E-state index contributed by atoms with van der Waals surface area (Å²) < 4.78 is 5.81. The van der Waals surface area contributed by atoms with Crippen molar-refractivity contribution in [3.8, 4) is 5.75 Å². The Labute approximate surface area is 121 Å². The van der Waals surface area contributed by atoms with Gasteiger partial charge < -0.3 is 4.74 Å². The number of ether oxygens (including phenoxy) is 1. The van der Waals surface area contributed by atoms with E-state index in [4.69, 9.17) is 16.3 Å². The lowest BCUT2D eigenvalue weighted by Crippen LogP contribution is -2.24. The Morgan fingerprint density at radius 1 is 1.37 bits per heavy atom. The molecule has 0 fully saturated rings. The SMILES string of the molecule is CC1(C)Cc2cc(C(=O)c3sccc3Cl)ccc2O1. The van der Waals surface area contributed by atoms with Crippen LogP contribution in [0.2, 0.25) is 5.02 Å². The molecule has 1 aliphatic heterocycles. The molecule has 0 N–H and O–H groups in total. The van der Waals surface area contributed by atoms with Gasteiger partial charge in [-0.15, -0.1) is 11.3 Å². The molecule has 1 aliphatic rings. The first kappa shape index (κ1) is 12.7. The van der Waals surface area contributed by atoms with E-state index in [0.29, 0.717) is 15.5 Å². The standard InChI is InChI=1S/C15H13ClO2S/c1-15(2)8-10-7-9(3-4-12(10)18-15)13(17)14-11(16)5-6-19-14/h3-7H,8H2,1-2H3. The lowest BCUT2D eigenvalue weighted by Gasteiger charge is -2.16. The third-order valence-electron chi connectivity index (χ3n) is 3.15. The van der Waals surface area contributed by atoms with Crippen molar-refractivity contribution in [1.29, 1.82) is 0 Å². The number of ketones is 1. The zero-order valence-electron chi connectivity index (χ0n) is 10.7. The van der Waals surface area contributed by atoms with Crippen molar-refractivity contribution >= 4 is 28.7 Å². The Morgan fingerprint density at radius 3 is 2.84 bits per heavy atom. The lowest BCUT2D eigenvalue weighted by atomic mass is 9.99. The number of halogens is 1. The number of fused-ring (bicyclic) bond motifs is 1. The highest BCUT2D eigenvalue weighted by atomic mass is 35.5. The van der Waals surface area contributed by atoms with E-state index in [0.717, 1.165) is 17.7 Å². The van der Waals surface area contributed by atoms with Crippen LogP contribution in [0.3, 0.4) is 0 Å². The van der Waals surface area contributed by atoms with E-state index in [2.05, 4.69) is 0 Å². The molecule has 98 valence electrons. The Kier molecular flexibility index (Phi) is 2.91. The number of hydrogen-bond donors (Lipinski definition) is 0. The average molecular weight is 293 g/mol. The Balaban J connectivity index is 1.97. The first-order valence-corrected chi connectivity index (χ1v) is 7.32. The van der Waals surface area contributed by atoms with Gasteiger partial charge in [-0.25, -0.2) is 0 Å². The molecule has 0 atom stereocenters. The van der Waals surface area contributed by atoms with Crippen molar-refractivity contribution in [1.82, 2.24) is 0 Å². The van der Waals surface area contributed by atoms with Gasteiger partial charge in [0.2, 0.25) is 5.78 Å². The maximum atomic E-state index is 12.4. The van der Waals surface area contributed by atoms with Crippen LogP contribution in [0.1, 0.15) is 34.6 Å². The number of carbonyl (C=O) groups excluding carboxylic acids is 1. The molecule has 1 aromatic carbocycles. The summed E-state index contributed by atoms with van der Waals surface area (Å²) in [6.07, 6.45) is 0.821. The van der Waals surface area contributed by atoms with Gasteiger partial charge in [-0.3, -0.25) is 4.79 Å².